The molecule has 0 heterocycles. The highest BCUT2D eigenvalue weighted by Crippen LogP contribution is 2.10. The van der Waals surface area contributed by atoms with Crippen LogP contribution in [0.2, 0.25) is 5.02 Å². The Kier molecular flexibility index (Phi) is 5.69. The van der Waals surface area contributed by atoms with Gasteiger partial charge in [0.2, 0.25) is 0 Å². The van der Waals surface area contributed by atoms with Crippen LogP contribution in [0.4, 0.5) is 0 Å². The summed E-state index contributed by atoms with van der Waals surface area (Å²) in [6, 6.07) is 8.35. The van der Waals surface area contributed by atoms with Gasteiger partial charge in [0.15, 0.2) is 0 Å². The Balaban J connectivity index is 2.31. The molecule has 3 heteroatoms. The van der Waals surface area contributed by atoms with Crippen LogP contribution in [0.15, 0.2) is 24.3 Å². The summed E-state index contributed by atoms with van der Waals surface area (Å²) in [4.78, 5) is 0. The van der Waals surface area contributed by atoms with Gasteiger partial charge in [-0.25, -0.2) is 0 Å². The second-order valence-electron chi connectivity index (χ2n) is 3.76. The SMILES string of the molecule is CC(Cc1ccc(Cl)cc1)NCCCO. The maximum absolute atomic E-state index is 8.64. The van der Waals surface area contributed by atoms with Gasteiger partial charge in [-0.1, -0.05) is 23.7 Å². The highest BCUT2D eigenvalue weighted by atomic mass is 35.5. The van der Waals surface area contributed by atoms with Crippen LogP contribution in [0.5, 0.6) is 0 Å². The summed E-state index contributed by atoms with van der Waals surface area (Å²) >= 11 is 5.81. The van der Waals surface area contributed by atoms with E-state index in [-0.39, 0.29) is 6.61 Å². The lowest BCUT2D eigenvalue weighted by molar-refractivity contribution is 0.283. The standard InChI is InChI=1S/C12H18ClNO/c1-10(14-7-2-8-15)9-11-3-5-12(13)6-4-11/h3-6,10,14-15H,2,7-9H2,1H3. The molecule has 0 radical (unpaired) electrons. The molecule has 84 valence electrons. The number of hydrogen-bond acceptors (Lipinski definition) is 2. The molecule has 1 aromatic carbocycles. The van der Waals surface area contributed by atoms with Crippen LogP contribution in [0.25, 0.3) is 0 Å². The first-order chi connectivity index (χ1) is 7.22. The third-order valence-electron chi connectivity index (χ3n) is 2.28. The molecule has 0 saturated carbocycles. The van der Waals surface area contributed by atoms with E-state index in [0.717, 1.165) is 24.4 Å². The average Bonchev–Trinajstić information content (AvgIpc) is 2.22. The number of benzene rings is 1. The summed E-state index contributed by atoms with van der Waals surface area (Å²) in [5.41, 5.74) is 1.28. The predicted octanol–water partition coefficient (Wildman–Crippen LogP) is 2.24. The first kappa shape index (κ1) is 12.5. The zero-order chi connectivity index (χ0) is 11.1. The van der Waals surface area contributed by atoms with Crippen LogP contribution in [0.1, 0.15) is 18.9 Å². The molecule has 0 aliphatic carbocycles. The highest BCUT2D eigenvalue weighted by molar-refractivity contribution is 6.30. The Morgan fingerprint density at radius 3 is 2.60 bits per heavy atom. The third-order valence-corrected chi connectivity index (χ3v) is 2.53. The van der Waals surface area contributed by atoms with E-state index in [0.29, 0.717) is 6.04 Å². The third kappa shape index (κ3) is 5.17. The first-order valence-electron chi connectivity index (χ1n) is 5.31. The van der Waals surface area contributed by atoms with E-state index in [9.17, 15) is 0 Å². The zero-order valence-electron chi connectivity index (χ0n) is 9.04. The lowest BCUT2D eigenvalue weighted by atomic mass is 10.1. The van der Waals surface area contributed by atoms with Crippen molar-refractivity contribution in [2.45, 2.75) is 25.8 Å². The van der Waals surface area contributed by atoms with Crippen molar-refractivity contribution in [3.05, 3.63) is 34.9 Å². The van der Waals surface area contributed by atoms with Crippen LogP contribution in [0.3, 0.4) is 0 Å². The molecule has 0 aliphatic heterocycles. The molecule has 0 saturated heterocycles. The van der Waals surface area contributed by atoms with Gasteiger partial charge in [0.1, 0.15) is 0 Å². The van der Waals surface area contributed by atoms with Gasteiger partial charge in [0.25, 0.3) is 0 Å². The minimum Gasteiger partial charge on any atom is -0.396 e. The molecule has 1 unspecified atom stereocenters. The van der Waals surface area contributed by atoms with E-state index < -0.39 is 0 Å². The second kappa shape index (κ2) is 6.83. The van der Waals surface area contributed by atoms with E-state index >= 15 is 0 Å². The largest absolute Gasteiger partial charge is 0.396 e. The monoisotopic (exact) mass is 227 g/mol. The van der Waals surface area contributed by atoms with Crippen molar-refractivity contribution >= 4 is 11.6 Å². The van der Waals surface area contributed by atoms with Crippen molar-refractivity contribution in [2.24, 2.45) is 0 Å². The lowest BCUT2D eigenvalue weighted by Gasteiger charge is -2.13. The highest BCUT2D eigenvalue weighted by Gasteiger charge is 2.02. The summed E-state index contributed by atoms with van der Waals surface area (Å²) in [5.74, 6) is 0. The van der Waals surface area contributed by atoms with Crippen molar-refractivity contribution in [1.29, 1.82) is 0 Å². The number of nitrogens with one attached hydrogen (secondary N) is 1. The smallest absolute Gasteiger partial charge is 0.0443 e. The van der Waals surface area contributed by atoms with Crippen molar-refractivity contribution in [3.8, 4) is 0 Å². The quantitative estimate of drug-likeness (QED) is 0.731. The molecule has 1 atom stereocenters. The van der Waals surface area contributed by atoms with Gasteiger partial charge in [-0.05, 0) is 44.0 Å². The van der Waals surface area contributed by atoms with Crippen molar-refractivity contribution in [2.75, 3.05) is 13.2 Å². The molecule has 0 amide bonds. The van der Waals surface area contributed by atoms with Gasteiger partial charge < -0.3 is 10.4 Å². The normalized spacial score (nSPS) is 12.7. The Bertz CT molecular complexity index is 273. The fourth-order valence-electron chi connectivity index (χ4n) is 1.47. The van der Waals surface area contributed by atoms with Gasteiger partial charge in [0, 0.05) is 17.7 Å². The summed E-state index contributed by atoms with van der Waals surface area (Å²) in [6.45, 7) is 3.26. The maximum Gasteiger partial charge on any atom is 0.0443 e. The lowest BCUT2D eigenvalue weighted by Crippen LogP contribution is -2.29. The fourth-order valence-corrected chi connectivity index (χ4v) is 1.60. The van der Waals surface area contributed by atoms with Crippen molar-refractivity contribution < 1.29 is 5.11 Å². The van der Waals surface area contributed by atoms with Crippen LogP contribution in [0, 0.1) is 0 Å². The molecule has 0 fully saturated rings. The Labute approximate surface area is 96.3 Å². The molecule has 1 aromatic rings. The van der Waals surface area contributed by atoms with Crippen LogP contribution < -0.4 is 5.32 Å². The van der Waals surface area contributed by atoms with Crippen molar-refractivity contribution in [3.63, 3.8) is 0 Å². The molecule has 0 aliphatic rings. The Morgan fingerprint density at radius 1 is 1.33 bits per heavy atom. The molecule has 2 N–H and O–H groups in total. The minimum absolute atomic E-state index is 0.251. The molecule has 2 nitrogen and oxygen atoms in total. The minimum atomic E-state index is 0.251. The molecule has 0 aromatic heterocycles. The topological polar surface area (TPSA) is 32.3 Å². The first-order valence-corrected chi connectivity index (χ1v) is 5.69. The Hall–Kier alpha value is -0.570. The van der Waals surface area contributed by atoms with Gasteiger partial charge >= 0.3 is 0 Å². The predicted molar refractivity (Wildman–Crippen MR) is 64.3 cm³/mol. The van der Waals surface area contributed by atoms with Crippen LogP contribution in [-0.4, -0.2) is 24.3 Å². The molecule has 1 rings (SSSR count). The summed E-state index contributed by atoms with van der Waals surface area (Å²) in [6.07, 6.45) is 1.80. The van der Waals surface area contributed by atoms with E-state index in [1.54, 1.807) is 0 Å². The molecular weight excluding hydrogens is 210 g/mol. The number of aliphatic hydroxyl groups is 1. The van der Waals surface area contributed by atoms with Gasteiger partial charge in [0.05, 0.1) is 0 Å². The van der Waals surface area contributed by atoms with Crippen molar-refractivity contribution in [1.82, 2.24) is 5.32 Å². The number of aliphatic hydroxyl groups excluding tert-OH is 1. The number of halogens is 1. The second-order valence-corrected chi connectivity index (χ2v) is 4.20. The van der Waals surface area contributed by atoms with E-state index in [1.807, 2.05) is 24.3 Å². The molecule has 0 bridgehead atoms. The molecule has 15 heavy (non-hydrogen) atoms. The Morgan fingerprint density at radius 2 is 2.00 bits per heavy atom. The van der Waals surface area contributed by atoms with Gasteiger partial charge in [-0.15, -0.1) is 0 Å². The maximum atomic E-state index is 8.64. The molecule has 0 spiro atoms. The average molecular weight is 228 g/mol. The van der Waals surface area contributed by atoms with Crippen LogP contribution >= 0.6 is 11.6 Å². The number of rotatable bonds is 6. The number of hydrogen-bond donors (Lipinski definition) is 2. The summed E-state index contributed by atoms with van der Waals surface area (Å²) in [7, 11) is 0. The van der Waals surface area contributed by atoms with E-state index in [2.05, 4.69) is 12.2 Å². The van der Waals surface area contributed by atoms with E-state index in [1.165, 1.54) is 5.56 Å². The molecular formula is C12H18ClNO. The van der Waals surface area contributed by atoms with E-state index in [4.69, 9.17) is 16.7 Å². The summed E-state index contributed by atoms with van der Waals surface area (Å²) in [5, 5.41) is 12.8. The van der Waals surface area contributed by atoms with Crippen LogP contribution in [-0.2, 0) is 6.42 Å². The van der Waals surface area contributed by atoms with Gasteiger partial charge in [-0.3, -0.25) is 0 Å². The fraction of sp³-hybridized carbons (Fsp3) is 0.500. The zero-order valence-corrected chi connectivity index (χ0v) is 9.80. The van der Waals surface area contributed by atoms with Gasteiger partial charge in [-0.2, -0.15) is 0 Å². The summed E-state index contributed by atoms with van der Waals surface area (Å²) < 4.78 is 0.